The number of hydrogen-bond donors (Lipinski definition) is 0. The fraction of sp³-hybridized carbons (Fsp3) is 0.842. The van der Waals surface area contributed by atoms with Gasteiger partial charge in [-0.1, -0.05) is 193 Å². The molecule has 0 radical (unpaired) electrons. The second-order valence-corrected chi connectivity index (χ2v) is 17.8. The van der Waals surface area contributed by atoms with E-state index >= 15 is 0 Å². The van der Waals surface area contributed by atoms with Crippen molar-refractivity contribution in [2.75, 3.05) is 0 Å². The molecule has 1 rings (SSSR count). The molecule has 252 valence electrons. The molecule has 0 spiro atoms. The smallest absolute Gasteiger partial charge is 0.170 e. The summed E-state index contributed by atoms with van der Waals surface area (Å²) in [6.45, 7) is 4.58. The summed E-state index contributed by atoms with van der Waals surface area (Å²) in [6, 6.07) is 6.34. The van der Waals surface area contributed by atoms with Crippen LogP contribution < -0.4 is 9.42 Å². The van der Waals surface area contributed by atoms with Crippen LogP contribution in [0.3, 0.4) is 0 Å². The average Bonchev–Trinajstić information content (AvgIpc) is 2.98. The summed E-state index contributed by atoms with van der Waals surface area (Å²) in [5, 5.41) is 0. The van der Waals surface area contributed by atoms with E-state index in [0.29, 0.717) is 5.75 Å². The maximum absolute atomic E-state index is 12.0. The largest absolute Gasteiger partial charge is 0.682 e. The highest BCUT2D eigenvalue weighted by molar-refractivity contribution is 8.69. The normalized spacial score (nSPS) is 11.8. The van der Waals surface area contributed by atoms with Crippen molar-refractivity contribution < 1.29 is 9.42 Å². The summed E-state index contributed by atoms with van der Waals surface area (Å²) < 4.78 is 5.57. The van der Waals surface area contributed by atoms with Gasteiger partial charge in [-0.3, -0.25) is 0 Å². The maximum atomic E-state index is 12.0. The third-order valence-corrected chi connectivity index (χ3v) is 9.82. The van der Waals surface area contributed by atoms with Gasteiger partial charge in [-0.25, -0.2) is 0 Å². The standard InChI is InChI=1S/C38H71O2PS2/c1-3-5-7-9-11-13-15-17-19-21-23-25-27-29-31-36-33-34-38(40-41(39,42)43)37(35-36)32-30-28-26-24-22-20-18-16-14-12-10-8-6-4-2/h33-35H,3-32H2,1-2H3,(H2,39,42,43)/p-2. The summed E-state index contributed by atoms with van der Waals surface area (Å²) in [6.07, 6.45) is 37.1. The molecule has 1 aromatic rings. The molecule has 0 atom stereocenters. The third-order valence-electron chi connectivity index (χ3n) is 8.95. The molecule has 0 aromatic heterocycles. The molecular weight excluding hydrogens is 584 g/mol. The molecule has 0 saturated heterocycles. The lowest BCUT2D eigenvalue weighted by molar-refractivity contribution is -0.169. The van der Waals surface area contributed by atoms with E-state index in [2.05, 4.69) is 26.0 Å². The fourth-order valence-corrected chi connectivity index (χ4v) is 7.13. The Labute approximate surface area is 280 Å². The Morgan fingerprint density at radius 2 is 0.814 bits per heavy atom. The molecule has 43 heavy (non-hydrogen) atoms. The molecule has 0 aliphatic carbocycles. The van der Waals surface area contributed by atoms with E-state index in [9.17, 15) is 4.89 Å². The van der Waals surface area contributed by atoms with E-state index < -0.39 is 6.12 Å². The van der Waals surface area contributed by atoms with Crippen LogP contribution >= 0.6 is 6.12 Å². The molecule has 5 heteroatoms. The van der Waals surface area contributed by atoms with Gasteiger partial charge >= 0.3 is 0 Å². The van der Waals surface area contributed by atoms with Crippen LogP contribution in [0, 0.1) is 0 Å². The quantitative estimate of drug-likeness (QED) is 0.0440. The predicted octanol–water partition coefficient (Wildman–Crippen LogP) is 13.2. The Morgan fingerprint density at radius 1 is 0.488 bits per heavy atom. The molecule has 0 amide bonds. The van der Waals surface area contributed by atoms with Crippen LogP contribution in [0.5, 0.6) is 5.75 Å². The lowest BCUT2D eigenvalue weighted by atomic mass is 9.99. The molecule has 2 nitrogen and oxygen atoms in total. The number of hydrogen-bond acceptors (Lipinski definition) is 4. The molecule has 0 N–H and O–H groups in total. The number of aryl methyl sites for hydroxylation is 2. The van der Waals surface area contributed by atoms with E-state index in [4.69, 9.17) is 29.0 Å². The predicted molar refractivity (Wildman–Crippen MR) is 197 cm³/mol. The van der Waals surface area contributed by atoms with Crippen molar-refractivity contribution in [3.05, 3.63) is 29.3 Å². The molecule has 0 aliphatic rings. The van der Waals surface area contributed by atoms with Gasteiger partial charge in [-0.05, 0) is 42.9 Å². The zero-order valence-corrected chi connectivity index (χ0v) is 31.1. The van der Waals surface area contributed by atoms with Gasteiger partial charge in [0.1, 0.15) is 0 Å². The van der Waals surface area contributed by atoms with Crippen molar-refractivity contribution in [3.63, 3.8) is 0 Å². The third kappa shape index (κ3) is 27.0. The van der Waals surface area contributed by atoms with Crippen molar-refractivity contribution >= 4 is 30.6 Å². The highest BCUT2D eigenvalue weighted by Gasteiger charge is 2.09. The van der Waals surface area contributed by atoms with Crippen LogP contribution in [-0.4, -0.2) is 0 Å². The summed E-state index contributed by atoms with van der Waals surface area (Å²) in [4.78, 5) is 12.0. The highest BCUT2D eigenvalue weighted by Crippen LogP contribution is 2.47. The summed E-state index contributed by atoms with van der Waals surface area (Å²) in [5.74, 6) is 0.646. The Morgan fingerprint density at radius 3 is 1.16 bits per heavy atom. The van der Waals surface area contributed by atoms with Gasteiger partial charge in [0.05, 0.1) is 0 Å². The Bertz CT molecular complexity index is 737. The summed E-state index contributed by atoms with van der Waals surface area (Å²) in [7, 11) is 0. The van der Waals surface area contributed by atoms with E-state index in [1.165, 1.54) is 179 Å². The molecule has 0 bridgehead atoms. The van der Waals surface area contributed by atoms with Crippen LogP contribution in [0.4, 0.5) is 0 Å². The number of unbranched alkanes of at least 4 members (excludes halogenated alkanes) is 26. The maximum Gasteiger partial charge on any atom is 0.170 e. The van der Waals surface area contributed by atoms with Gasteiger partial charge in [-0.2, -0.15) is 0 Å². The second kappa shape index (κ2) is 29.5. The van der Waals surface area contributed by atoms with Crippen molar-refractivity contribution in [3.8, 4) is 5.75 Å². The number of benzene rings is 1. The molecule has 0 fully saturated rings. The molecule has 1 aromatic carbocycles. The van der Waals surface area contributed by atoms with Crippen LogP contribution in [0.25, 0.3) is 0 Å². The summed E-state index contributed by atoms with van der Waals surface area (Å²) >= 11 is 9.84. The van der Waals surface area contributed by atoms with Crippen molar-refractivity contribution in [2.24, 2.45) is 0 Å². The minimum atomic E-state index is -3.39. The van der Waals surface area contributed by atoms with Gasteiger partial charge in [0.25, 0.3) is 0 Å². The van der Waals surface area contributed by atoms with Gasteiger partial charge in [0, 0.05) is 0 Å². The molecule has 0 unspecified atom stereocenters. The van der Waals surface area contributed by atoms with Gasteiger partial charge < -0.3 is 33.9 Å². The van der Waals surface area contributed by atoms with E-state index in [1.54, 1.807) is 0 Å². The first-order chi connectivity index (χ1) is 21.0. The molecular formula is C38H69O2PS2-2. The van der Waals surface area contributed by atoms with Crippen LogP contribution in [0.2, 0.25) is 0 Å². The lowest BCUT2D eigenvalue weighted by Gasteiger charge is -2.42. The van der Waals surface area contributed by atoms with Crippen molar-refractivity contribution in [1.29, 1.82) is 0 Å². The minimum absolute atomic E-state index is 0.646. The van der Waals surface area contributed by atoms with Crippen LogP contribution in [-0.2, 0) is 37.3 Å². The second-order valence-electron chi connectivity index (χ2n) is 13.2. The van der Waals surface area contributed by atoms with E-state index in [-0.39, 0.29) is 0 Å². The van der Waals surface area contributed by atoms with Crippen molar-refractivity contribution in [1.82, 2.24) is 0 Å². The van der Waals surface area contributed by atoms with E-state index in [0.717, 1.165) is 24.8 Å². The van der Waals surface area contributed by atoms with Gasteiger partial charge in [0.15, 0.2) is 5.75 Å². The first-order valence-corrected chi connectivity index (χ1v) is 22.4. The minimum Gasteiger partial charge on any atom is -0.682 e. The zero-order chi connectivity index (χ0) is 31.3. The monoisotopic (exact) mass is 652 g/mol. The molecule has 0 aliphatic heterocycles. The van der Waals surface area contributed by atoms with Crippen LogP contribution in [0.15, 0.2) is 18.2 Å². The Balaban J connectivity index is 2.18. The fourth-order valence-electron chi connectivity index (χ4n) is 6.23. The van der Waals surface area contributed by atoms with E-state index in [1.807, 2.05) is 6.07 Å². The highest BCUT2D eigenvalue weighted by atomic mass is 33.1. The topological polar surface area (TPSA) is 32.3 Å². The Kier molecular flexibility index (Phi) is 28.2. The first-order valence-electron chi connectivity index (χ1n) is 18.8. The van der Waals surface area contributed by atoms with Gasteiger partial charge in [-0.15, -0.1) is 6.12 Å². The van der Waals surface area contributed by atoms with Crippen LogP contribution in [0.1, 0.15) is 205 Å². The van der Waals surface area contributed by atoms with Crippen molar-refractivity contribution in [2.45, 2.75) is 206 Å². The Hall–Kier alpha value is 0.110. The molecule has 0 heterocycles. The molecule has 0 saturated carbocycles. The lowest BCUT2D eigenvalue weighted by Crippen LogP contribution is -2.10. The SMILES string of the molecule is CCCCCCCCCCCCCCCCc1ccc(O[P+]([O-])([S-])[S-])c(CCCCCCCCCCCCCCCC)c1. The zero-order valence-electron chi connectivity index (χ0n) is 28.5. The summed E-state index contributed by atoms with van der Waals surface area (Å²) in [5.41, 5.74) is 2.49. The first kappa shape index (κ1) is 41.1. The average molecular weight is 653 g/mol. The van der Waals surface area contributed by atoms with Gasteiger partial charge in [0.2, 0.25) is 0 Å². The number of rotatable bonds is 32.